The van der Waals surface area contributed by atoms with Crippen LogP contribution in [0.3, 0.4) is 0 Å². The lowest BCUT2D eigenvalue weighted by Gasteiger charge is -2.29. The summed E-state index contributed by atoms with van der Waals surface area (Å²) in [6.07, 6.45) is 3.21. The van der Waals surface area contributed by atoms with Gasteiger partial charge in [0.1, 0.15) is 0 Å². The number of rotatable bonds is 9. The highest BCUT2D eigenvalue weighted by Crippen LogP contribution is 2.34. The highest BCUT2D eigenvalue weighted by molar-refractivity contribution is 9.10. The van der Waals surface area contributed by atoms with Crippen LogP contribution in [-0.4, -0.2) is 132 Å². The van der Waals surface area contributed by atoms with Crippen LogP contribution in [0.15, 0.2) is 121 Å². The second kappa shape index (κ2) is 19.7. The van der Waals surface area contributed by atoms with Crippen molar-refractivity contribution in [1.29, 1.82) is 0 Å². The molecule has 4 saturated heterocycles. The second-order valence-corrected chi connectivity index (χ2v) is 19.9. The molecule has 4 fully saturated rings. The Hall–Kier alpha value is -4.82. The Morgan fingerprint density at radius 3 is 1.19 bits per heavy atom. The number of hydrogen-bond donors (Lipinski definition) is 1. The zero-order valence-corrected chi connectivity index (χ0v) is 37.5. The Labute approximate surface area is 371 Å². The SMILES string of the molecule is Nc1ncc(-c2cc(N3CCOCC3)cc(S(=O)(=O)c3ccc(N4CCOCC4)cc3)c2)cn1.O=S(=O)(c1ccc(N2CCOCC2)cc1)c1cc(Br)cc(N2CCOCC2)c1. The Morgan fingerprint density at radius 1 is 0.435 bits per heavy atom. The van der Waals surface area contributed by atoms with E-state index in [0.717, 1.165) is 66.5 Å². The van der Waals surface area contributed by atoms with E-state index in [4.69, 9.17) is 24.7 Å². The molecule has 4 aliphatic heterocycles. The minimum atomic E-state index is -3.75. The van der Waals surface area contributed by atoms with Crippen LogP contribution in [0.2, 0.25) is 0 Å². The molecule has 5 heterocycles. The van der Waals surface area contributed by atoms with Gasteiger partial charge in [0, 0.05) is 97.5 Å². The molecule has 0 amide bonds. The number of hydrogen-bond acceptors (Lipinski definition) is 15. The van der Waals surface area contributed by atoms with Gasteiger partial charge in [-0.2, -0.15) is 0 Å². The zero-order valence-electron chi connectivity index (χ0n) is 34.3. The van der Waals surface area contributed by atoms with E-state index in [2.05, 4.69) is 45.5 Å². The Kier molecular flexibility index (Phi) is 13.9. The van der Waals surface area contributed by atoms with E-state index in [1.807, 2.05) is 36.4 Å². The van der Waals surface area contributed by atoms with Crippen LogP contribution in [-0.2, 0) is 38.6 Å². The smallest absolute Gasteiger partial charge is 0.219 e. The quantitative estimate of drug-likeness (QED) is 0.205. The minimum Gasteiger partial charge on any atom is -0.378 e. The summed E-state index contributed by atoms with van der Waals surface area (Å²) in [5.74, 6) is 0.168. The van der Waals surface area contributed by atoms with E-state index < -0.39 is 19.7 Å². The molecular formula is C44H50BrN7O8S2. The van der Waals surface area contributed by atoms with Crippen molar-refractivity contribution in [1.82, 2.24) is 9.97 Å². The molecule has 0 atom stereocenters. The van der Waals surface area contributed by atoms with Crippen molar-refractivity contribution < 1.29 is 35.8 Å². The monoisotopic (exact) mass is 947 g/mol. The first-order chi connectivity index (χ1) is 30.0. The molecule has 15 nitrogen and oxygen atoms in total. The number of aromatic nitrogens is 2. The lowest BCUT2D eigenvalue weighted by Crippen LogP contribution is -2.36. The van der Waals surface area contributed by atoms with Crippen molar-refractivity contribution >= 4 is 64.3 Å². The van der Waals surface area contributed by atoms with Gasteiger partial charge in [-0.1, -0.05) is 15.9 Å². The Bertz CT molecular complexity index is 2510. The molecule has 9 rings (SSSR count). The van der Waals surface area contributed by atoms with Gasteiger partial charge in [-0.3, -0.25) is 0 Å². The van der Waals surface area contributed by atoms with Crippen LogP contribution in [0.4, 0.5) is 28.7 Å². The molecule has 0 aliphatic carbocycles. The van der Waals surface area contributed by atoms with E-state index in [-0.39, 0.29) is 15.7 Å². The van der Waals surface area contributed by atoms with Gasteiger partial charge in [0.05, 0.1) is 72.4 Å². The van der Waals surface area contributed by atoms with Gasteiger partial charge < -0.3 is 44.3 Å². The lowest BCUT2D eigenvalue weighted by atomic mass is 10.1. The van der Waals surface area contributed by atoms with E-state index in [0.29, 0.717) is 86.9 Å². The average Bonchev–Trinajstić information content (AvgIpc) is 3.33. The Balaban J connectivity index is 0.000000174. The molecule has 1 aromatic heterocycles. The van der Waals surface area contributed by atoms with Crippen molar-refractivity contribution in [2.24, 2.45) is 0 Å². The highest BCUT2D eigenvalue weighted by atomic mass is 79.9. The maximum atomic E-state index is 13.7. The third-order valence-corrected chi connectivity index (χ3v) is 15.1. The number of nitrogens with two attached hydrogens (primary N) is 1. The first kappa shape index (κ1) is 43.8. The summed E-state index contributed by atoms with van der Waals surface area (Å²) < 4.78 is 76.2. The summed E-state index contributed by atoms with van der Waals surface area (Å²) in [7, 11) is -7.35. The van der Waals surface area contributed by atoms with Crippen molar-refractivity contribution in [3.8, 4) is 11.1 Å². The third kappa shape index (κ3) is 10.3. The summed E-state index contributed by atoms with van der Waals surface area (Å²) in [6, 6.07) is 24.9. The number of sulfone groups is 2. The normalized spacial score (nSPS) is 17.6. The van der Waals surface area contributed by atoms with Gasteiger partial charge in [-0.05, 0) is 90.5 Å². The van der Waals surface area contributed by atoms with Crippen LogP contribution in [0.5, 0.6) is 0 Å². The molecule has 0 spiro atoms. The molecule has 0 unspecified atom stereocenters. The van der Waals surface area contributed by atoms with Gasteiger partial charge in [-0.15, -0.1) is 0 Å². The van der Waals surface area contributed by atoms with Crippen molar-refractivity contribution in [2.45, 2.75) is 19.6 Å². The van der Waals surface area contributed by atoms with Gasteiger partial charge >= 0.3 is 0 Å². The number of nitrogens with zero attached hydrogens (tertiary/aromatic N) is 6. The maximum absolute atomic E-state index is 13.7. The second-order valence-electron chi connectivity index (χ2n) is 15.1. The van der Waals surface area contributed by atoms with Crippen LogP contribution >= 0.6 is 15.9 Å². The van der Waals surface area contributed by atoms with E-state index >= 15 is 0 Å². The molecule has 62 heavy (non-hydrogen) atoms. The summed E-state index contributed by atoms with van der Waals surface area (Å²) in [5.41, 5.74) is 10.8. The highest BCUT2D eigenvalue weighted by Gasteiger charge is 2.24. The number of ether oxygens (including phenoxy) is 4. The fourth-order valence-electron chi connectivity index (χ4n) is 7.69. The van der Waals surface area contributed by atoms with Gasteiger partial charge in [0.2, 0.25) is 25.6 Å². The predicted molar refractivity (Wildman–Crippen MR) is 242 cm³/mol. The third-order valence-electron chi connectivity index (χ3n) is 11.2. The molecular weight excluding hydrogens is 899 g/mol. The summed E-state index contributed by atoms with van der Waals surface area (Å²) in [4.78, 5) is 17.9. The molecule has 0 saturated carbocycles. The fourth-order valence-corrected chi connectivity index (χ4v) is 11.0. The number of morpholine rings is 4. The summed E-state index contributed by atoms with van der Waals surface area (Å²) >= 11 is 3.47. The van der Waals surface area contributed by atoms with E-state index in [9.17, 15) is 16.8 Å². The van der Waals surface area contributed by atoms with Crippen molar-refractivity contribution in [2.75, 3.05) is 131 Å². The molecule has 328 valence electrons. The molecule has 4 aliphatic rings. The molecule has 5 aromatic rings. The topological polar surface area (TPSA) is 170 Å². The van der Waals surface area contributed by atoms with Crippen LogP contribution in [0.1, 0.15) is 0 Å². The average molecular weight is 949 g/mol. The Morgan fingerprint density at radius 2 is 0.790 bits per heavy atom. The number of nitrogen functional groups attached to an aromatic ring is 1. The van der Waals surface area contributed by atoms with Gasteiger partial charge in [-0.25, -0.2) is 26.8 Å². The molecule has 0 bridgehead atoms. The summed E-state index contributed by atoms with van der Waals surface area (Å²) in [5, 5.41) is 0. The molecule has 0 radical (unpaired) electrons. The molecule has 18 heteroatoms. The zero-order chi connectivity index (χ0) is 43.1. The van der Waals surface area contributed by atoms with E-state index in [1.54, 1.807) is 60.9 Å². The van der Waals surface area contributed by atoms with Crippen LogP contribution in [0.25, 0.3) is 11.1 Å². The predicted octanol–water partition coefficient (Wildman–Crippen LogP) is 5.19. The van der Waals surface area contributed by atoms with Gasteiger partial charge in [0.25, 0.3) is 0 Å². The number of halogens is 1. The lowest BCUT2D eigenvalue weighted by molar-refractivity contribution is 0.122. The van der Waals surface area contributed by atoms with Gasteiger partial charge in [0.15, 0.2) is 0 Å². The first-order valence-electron chi connectivity index (χ1n) is 20.6. The van der Waals surface area contributed by atoms with E-state index in [1.165, 1.54) is 0 Å². The molecule has 4 aromatic carbocycles. The van der Waals surface area contributed by atoms with Crippen LogP contribution < -0.4 is 25.3 Å². The standard InChI is InChI=1S/C24H27N5O4S.C20H23BrN2O4S/c25-24-26-16-19(17-27-24)18-13-21(29-7-11-33-12-8-29)15-23(14-18)34(30,31)22-3-1-20(2-4-22)28-5-9-32-10-6-28;21-16-13-18(23-7-11-27-12-8-23)15-20(14-16)28(24,25)19-3-1-17(2-4-19)22-5-9-26-10-6-22/h1-4,13-17H,5-12H2,(H2,25,26,27);1-4,13-15H,5-12H2. The minimum absolute atomic E-state index is 0.168. The maximum Gasteiger partial charge on any atom is 0.219 e. The van der Waals surface area contributed by atoms with Crippen molar-refractivity contribution in [3.63, 3.8) is 0 Å². The first-order valence-corrected chi connectivity index (χ1v) is 24.4. The summed E-state index contributed by atoms with van der Waals surface area (Å²) in [6.45, 7) is 11.3. The fraction of sp³-hybridized carbons (Fsp3) is 0.364. The largest absolute Gasteiger partial charge is 0.378 e. The van der Waals surface area contributed by atoms with Crippen molar-refractivity contribution in [3.05, 3.63) is 102 Å². The number of anilines is 5. The van der Waals surface area contributed by atoms with Crippen LogP contribution in [0, 0.1) is 0 Å². The molecule has 2 N–H and O–H groups in total. The number of benzene rings is 4.